The number of hydrogen-bond donors (Lipinski definition) is 3. The number of aryl methyl sites for hydroxylation is 1. The molecule has 0 saturated carbocycles. The van der Waals surface area contributed by atoms with E-state index in [4.69, 9.17) is 5.11 Å². The second kappa shape index (κ2) is 3.88. The van der Waals surface area contributed by atoms with Crippen LogP contribution in [0.1, 0.15) is 18.4 Å². The fourth-order valence-electron chi connectivity index (χ4n) is 1.88. The molecule has 3 N–H and O–H groups in total. The third-order valence-electron chi connectivity index (χ3n) is 2.67. The van der Waals surface area contributed by atoms with E-state index in [1.54, 1.807) is 12.1 Å². The van der Waals surface area contributed by atoms with Crippen LogP contribution < -0.4 is 5.32 Å². The number of phenols is 1. The topological polar surface area (TPSA) is 52.5 Å². The van der Waals surface area contributed by atoms with Gasteiger partial charge in [0.25, 0.3) is 0 Å². The number of phenolic OH excluding ortho intramolecular Hbond substituents is 1. The summed E-state index contributed by atoms with van der Waals surface area (Å²) < 4.78 is 0. The zero-order chi connectivity index (χ0) is 9.97. The third kappa shape index (κ3) is 1.82. The summed E-state index contributed by atoms with van der Waals surface area (Å²) in [5.41, 5.74) is 2.18. The number of anilines is 1. The molecule has 0 aliphatic carbocycles. The van der Waals surface area contributed by atoms with Crippen LogP contribution in [-0.4, -0.2) is 22.9 Å². The van der Waals surface area contributed by atoms with Gasteiger partial charge in [0.1, 0.15) is 5.75 Å². The first kappa shape index (κ1) is 9.34. The monoisotopic (exact) mass is 193 g/mol. The van der Waals surface area contributed by atoms with Crippen LogP contribution in [-0.2, 0) is 6.42 Å². The number of fused-ring (bicyclic) bond motifs is 1. The standard InChI is InChI=1S/C11H15NO2/c13-7-9-3-1-2-8-4-5-10(14)6-11(8)12-9/h4-6,9,12-14H,1-3,7H2. The average molecular weight is 193 g/mol. The normalized spacial score (nSPS) is 20.8. The molecule has 14 heavy (non-hydrogen) atoms. The highest BCUT2D eigenvalue weighted by Crippen LogP contribution is 2.27. The molecule has 1 unspecified atom stereocenters. The first-order valence-electron chi connectivity index (χ1n) is 4.99. The van der Waals surface area contributed by atoms with E-state index in [2.05, 4.69) is 5.32 Å². The molecular weight excluding hydrogens is 178 g/mol. The smallest absolute Gasteiger partial charge is 0.117 e. The molecule has 0 fully saturated rings. The fourth-order valence-corrected chi connectivity index (χ4v) is 1.88. The number of aliphatic hydroxyl groups is 1. The SMILES string of the molecule is OCC1CCCc2ccc(O)cc2N1. The van der Waals surface area contributed by atoms with Crippen molar-refractivity contribution in [3.8, 4) is 5.75 Å². The minimum absolute atomic E-state index is 0.123. The first-order chi connectivity index (χ1) is 6.79. The van der Waals surface area contributed by atoms with Gasteiger partial charge in [0.2, 0.25) is 0 Å². The zero-order valence-corrected chi connectivity index (χ0v) is 8.03. The van der Waals surface area contributed by atoms with Gasteiger partial charge in [-0.2, -0.15) is 0 Å². The van der Waals surface area contributed by atoms with E-state index in [1.165, 1.54) is 5.56 Å². The molecule has 1 aromatic carbocycles. The van der Waals surface area contributed by atoms with E-state index in [1.807, 2.05) is 6.07 Å². The molecule has 1 aliphatic rings. The molecule has 1 heterocycles. The maximum atomic E-state index is 9.34. The van der Waals surface area contributed by atoms with Gasteiger partial charge in [-0.25, -0.2) is 0 Å². The number of benzene rings is 1. The Labute approximate surface area is 83.4 Å². The highest BCUT2D eigenvalue weighted by atomic mass is 16.3. The van der Waals surface area contributed by atoms with Crippen molar-refractivity contribution in [1.82, 2.24) is 0 Å². The Morgan fingerprint density at radius 1 is 1.43 bits per heavy atom. The van der Waals surface area contributed by atoms with Gasteiger partial charge < -0.3 is 15.5 Å². The minimum Gasteiger partial charge on any atom is -0.508 e. The maximum Gasteiger partial charge on any atom is 0.117 e. The van der Waals surface area contributed by atoms with Crippen LogP contribution in [0.5, 0.6) is 5.75 Å². The molecule has 0 spiro atoms. The minimum atomic E-state index is 0.123. The molecular formula is C11H15NO2. The Bertz CT molecular complexity index is 325. The number of hydrogen-bond acceptors (Lipinski definition) is 3. The summed E-state index contributed by atoms with van der Waals surface area (Å²) in [7, 11) is 0. The van der Waals surface area contributed by atoms with Crippen molar-refractivity contribution in [2.75, 3.05) is 11.9 Å². The Hall–Kier alpha value is -1.22. The maximum absolute atomic E-state index is 9.34. The number of aliphatic hydroxyl groups excluding tert-OH is 1. The number of aromatic hydroxyl groups is 1. The molecule has 0 amide bonds. The first-order valence-corrected chi connectivity index (χ1v) is 4.99. The van der Waals surface area contributed by atoms with Crippen LogP contribution in [0.3, 0.4) is 0 Å². The molecule has 3 nitrogen and oxygen atoms in total. The molecule has 0 aromatic heterocycles. The van der Waals surface area contributed by atoms with Crippen LogP contribution in [0.2, 0.25) is 0 Å². The Kier molecular flexibility index (Phi) is 2.59. The van der Waals surface area contributed by atoms with E-state index >= 15 is 0 Å². The summed E-state index contributed by atoms with van der Waals surface area (Å²) in [6, 6.07) is 5.50. The average Bonchev–Trinajstić information content (AvgIpc) is 2.38. The van der Waals surface area contributed by atoms with Crippen molar-refractivity contribution >= 4 is 5.69 Å². The van der Waals surface area contributed by atoms with Gasteiger partial charge in [-0.3, -0.25) is 0 Å². The quantitative estimate of drug-likeness (QED) is 0.633. The molecule has 0 radical (unpaired) electrons. The van der Waals surface area contributed by atoms with E-state index in [9.17, 15) is 5.11 Å². The lowest BCUT2D eigenvalue weighted by Crippen LogP contribution is -2.22. The molecule has 1 atom stereocenters. The number of nitrogens with one attached hydrogen (secondary N) is 1. The van der Waals surface area contributed by atoms with Crippen LogP contribution in [0.4, 0.5) is 5.69 Å². The molecule has 0 bridgehead atoms. The highest BCUT2D eigenvalue weighted by Gasteiger charge is 2.14. The lowest BCUT2D eigenvalue weighted by atomic mass is 10.1. The van der Waals surface area contributed by atoms with Crippen molar-refractivity contribution < 1.29 is 10.2 Å². The van der Waals surface area contributed by atoms with Crippen molar-refractivity contribution in [1.29, 1.82) is 0 Å². The predicted molar refractivity (Wildman–Crippen MR) is 55.5 cm³/mol. The van der Waals surface area contributed by atoms with Gasteiger partial charge in [0, 0.05) is 17.8 Å². The molecule has 0 saturated heterocycles. The summed E-state index contributed by atoms with van der Waals surface area (Å²) in [5, 5.41) is 21.7. The van der Waals surface area contributed by atoms with Gasteiger partial charge in [0.15, 0.2) is 0 Å². The molecule has 3 heteroatoms. The van der Waals surface area contributed by atoms with Gasteiger partial charge in [0.05, 0.1) is 6.61 Å². The van der Waals surface area contributed by atoms with E-state index in [0.717, 1.165) is 24.9 Å². The van der Waals surface area contributed by atoms with Gasteiger partial charge in [-0.1, -0.05) is 6.07 Å². The van der Waals surface area contributed by atoms with Crippen LogP contribution in [0, 0.1) is 0 Å². The Balaban J connectivity index is 2.28. The van der Waals surface area contributed by atoms with E-state index < -0.39 is 0 Å². The van der Waals surface area contributed by atoms with Crippen molar-refractivity contribution in [2.24, 2.45) is 0 Å². The third-order valence-corrected chi connectivity index (χ3v) is 2.67. The number of rotatable bonds is 1. The lowest BCUT2D eigenvalue weighted by Gasteiger charge is -2.15. The molecule has 2 rings (SSSR count). The lowest BCUT2D eigenvalue weighted by molar-refractivity contribution is 0.268. The summed E-state index contributed by atoms with van der Waals surface area (Å²) >= 11 is 0. The second-order valence-electron chi connectivity index (χ2n) is 3.76. The summed E-state index contributed by atoms with van der Waals surface area (Å²) in [6.45, 7) is 0.148. The van der Waals surface area contributed by atoms with Crippen LogP contribution in [0.25, 0.3) is 0 Å². The summed E-state index contributed by atoms with van der Waals surface area (Å²) in [4.78, 5) is 0. The summed E-state index contributed by atoms with van der Waals surface area (Å²) in [6.07, 6.45) is 3.07. The van der Waals surface area contributed by atoms with E-state index in [-0.39, 0.29) is 18.4 Å². The fraction of sp³-hybridized carbons (Fsp3) is 0.455. The largest absolute Gasteiger partial charge is 0.508 e. The van der Waals surface area contributed by atoms with Crippen molar-refractivity contribution in [3.63, 3.8) is 0 Å². The Morgan fingerprint density at radius 2 is 2.29 bits per heavy atom. The summed E-state index contributed by atoms with van der Waals surface area (Å²) in [5.74, 6) is 0.273. The second-order valence-corrected chi connectivity index (χ2v) is 3.76. The van der Waals surface area contributed by atoms with Crippen molar-refractivity contribution in [3.05, 3.63) is 23.8 Å². The molecule has 76 valence electrons. The van der Waals surface area contributed by atoms with Gasteiger partial charge >= 0.3 is 0 Å². The zero-order valence-electron chi connectivity index (χ0n) is 8.03. The van der Waals surface area contributed by atoms with Crippen molar-refractivity contribution in [2.45, 2.75) is 25.3 Å². The van der Waals surface area contributed by atoms with Crippen LogP contribution >= 0.6 is 0 Å². The molecule has 1 aliphatic heterocycles. The van der Waals surface area contributed by atoms with E-state index in [0.29, 0.717) is 0 Å². The Morgan fingerprint density at radius 3 is 3.07 bits per heavy atom. The van der Waals surface area contributed by atoms with Crippen LogP contribution in [0.15, 0.2) is 18.2 Å². The highest BCUT2D eigenvalue weighted by molar-refractivity contribution is 5.56. The van der Waals surface area contributed by atoms with Gasteiger partial charge in [-0.05, 0) is 30.9 Å². The molecule has 1 aromatic rings. The van der Waals surface area contributed by atoms with Gasteiger partial charge in [-0.15, -0.1) is 0 Å². The predicted octanol–water partition coefficient (Wildman–Crippen LogP) is 1.50.